The van der Waals surface area contributed by atoms with Gasteiger partial charge in [0.1, 0.15) is 17.3 Å². The Morgan fingerprint density at radius 2 is 0.944 bits per heavy atom. The van der Waals surface area contributed by atoms with E-state index in [1.165, 1.54) is 103 Å². The molecule has 7 aromatic carbocycles. The van der Waals surface area contributed by atoms with Crippen molar-refractivity contribution in [3.63, 3.8) is 0 Å². The third-order valence-electron chi connectivity index (χ3n) is 12.8. The Balaban J connectivity index is 1.04. The number of halogens is 2. The number of fused-ring (bicyclic) bond motifs is 6. The molecule has 2 aliphatic heterocycles. The van der Waals surface area contributed by atoms with Gasteiger partial charge in [-0.3, -0.25) is 9.97 Å². The van der Waals surface area contributed by atoms with E-state index < -0.39 is 37.1 Å². The predicted octanol–water partition coefficient (Wildman–Crippen LogP) is 16.1. The Hall–Kier alpha value is -8.81. The summed E-state index contributed by atoms with van der Waals surface area (Å²) in [6, 6.07) is 55.0. The fourth-order valence-electron chi connectivity index (χ4n) is 9.33. The molecule has 0 saturated carbocycles. The summed E-state index contributed by atoms with van der Waals surface area (Å²) in [5.41, 5.74) is 10.4. The topological polar surface area (TPSA) is 54.0 Å². The van der Waals surface area contributed by atoms with E-state index in [0.29, 0.717) is 39.2 Å². The number of nitrogens with zero attached hydrogens (tertiary/aromatic N) is 5. The van der Waals surface area contributed by atoms with Gasteiger partial charge >= 0.3 is 0 Å². The molecule has 0 spiro atoms. The third-order valence-corrected chi connectivity index (χ3v) is 12.8. The van der Waals surface area contributed by atoms with E-state index in [0.717, 1.165) is 44.8 Å². The van der Waals surface area contributed by atoms with Crippen LogP contribution in [-0.4, -0.2) is 19.6 Å². The molecule has 1 unspecified atom stereocenters. The van der Waals surface area contributed by atoms with Crippen LogP contribution < -0.4 is 0 Å². The Labute approximate surface area is 423 Å². The molecule has 0 bridgehead atoms. The molecule has 7 heteroatoms. The number of benzene rings is 7. The molecule has 12 rings (SSSR count). The number of hydrogen-bond acceptors (Lipinski definition) is 4. The molecule has 5 nitrogen and oxygen atoms in total. The zero-order chi connectivity index (χ0) is 54.8. The van der Waals surface area contributed by atoms with Crippen LogP contribution in [0.1, 0.15) is 44.8 Å². The van der Waals surface area contributed by atoms with Gasteiger partial charge in [-0.15, -0.1) is 0 Å². The normalized spacial score (nSPS) is 15.8. The number of hydrogen-bond donors (Lipinski definition) is 0. The summed E-state index contributed by atoms with van der Waals surface area (Å²) in [6.07, 6.45) is -3.35. The minimum Gasteiger partial charge on any atom is -0.256 e. The van der Waals surface area contributed by atoms with Crippen molar-refractivity contribution < 1.29 is 24.4 Å². The number of aromatic nitrogens is 3. The third kappa shape index (κ3) is 8.79. The fraction of sp³-hybridized carbons (Fsp3) is 0.0781. The maximum Gasteiger partial charge on any atom is 0.267 e. The molecule has 2 aliphatic rings. The maximum atomic E-state index is 13.8. The number of azo groups is 2. The molecule has 0 aliphatic carbocycles. The van der Waals surface area contributed by atoms with Gasteiger partial charge in [-0.05, 0) is 147 Å². The van der Waals surface area contributed by atoms with Crippen LogP contribution >= 0.6 is 0 Å². The lowest BCUT2D eigenvalue weighted by atomic mass is 9.84. The molecule has 340 valence electrons. The lowest BCUT2D eigenvalue weighted by molar-refractivity contribution is -0.536. The summed E-state index contributed by atoms with van der Waals surface area (Å²) in [7, 11) is 0. The molecule has 0 amide bonds. The Kier molecular flexibility index (Phi) is 9.42. The van der Waals surface area contributed by atoms with Crippen molar-refractivity contribution in [1.82, 2.24) is 15.0 Å². The van der Waals surface area contributed by atoms with Crippen LogP contribution in [0.15, 0.2) is 230 Å². The first-order valence-electron chi connectivity index (χ1n) is 27.2. The standard InChI is InChI=1S/C64H46F2N5/c65-52-28-24-48(25-29-52)59-32-18-42(39-67-59)14-16-44-36-45(17-15-43-19-33-60(68-40-43)49-26-30-53(66)31-27-49)38-51(37-44)54-10-4-5-11-55(54)58-41-69-63-57-13-7-6-12-56(57)61-34-35-70-71(61)64(63)62(58)50-22-20-47(21-23-50)46-8-2-1-3-9-46/h1-13,18-41,61H,14-17H2/q+1/i14D2,15D2,16D2,17D2. The number of rotatable bonds is 12. The van der Waals surface area contributed by atoms with Gasteiger partial charge in [0.15, 0.2) is 0 Å². The monoisotopic (exact) mass is 930 g/mol. The smallest absolute Gasteiger partial charge is 0.256 e. The lowest BCUT2D eigenvalue weighted by Gasteiger charge is -2.23. The van der Waals surface area contributed by atoms with Gasteiger partial charge in [-0.25, -0.2) is 13.8 Å². The van der Waals surface area contributed by atoms with Crippen LogP contribution in [0.5, 0.6) is 0 Å². The molecule has 1 atom stereocenters. The zero-order valence-electron chi connectivity index (χ0n) is 45.9. The van der Waals surface area contributed by atoms with Gasteiger partial charge in [0.25, 0.3) is 5.69 Å². The van der Waals surface area contributed by atoms with E-state index in [1.807, 2.05) is 71.6 Å². The average molecular weight is 931 g/mol. The number of aryl methyl sites for hydroxylation is 4. The quantitative estimate of drug-likeness (QED) is 0.115. The van der Waals surface area contributed by atoms with Crippen LogP contribution in [-0.2, 0) is 25.5 Å². The molecule has 10 aromatic rings. The van der Waals surface area contributed by atoms with Gasteiger partial charge in [0.05, 0.1) is 23.2 Å². The van der Waals surface area contributed by atoms with Crippen LogP contribution in [0.2, 0.25) is 0 Å². The first-order chi connectivity index (χ1) is 38.0. The molecular formula is C64H46F2N5+. The Morgan fingerprint density at radius 3 is 1.55 bits per heavy atom. The Bertz CT molecular complexity index is 3890. The molecule has 3 aromatic heterocycles. The highest BCUT2D eigenvalue weighted by atomic mass is 19.1. The summed E-state index contributed by atoms with van der Waals surface area (Å²) in [6.45, 7) is 0. The summed E-state index contributed by atoms with van der Waals surface area (Å²) in [5, 5.41) is 4.91. The van der Waals surface area contributed by atoms with E-state index in [1.54, 1.807) is 6.20 Å². The summed E-state index contributed by atoms with van der Waals surface area (Å²) < 4.78 is 107. The fourth-order valence-corrected chi connectivity index (χ4v) is 9.33. The van der Waals surface area contributed by atoms with Crippen molar-refractivity contribution in [3.8, 4) is 78.3 Å². The van der Waals surface area contributed by atoms with Crippen LogP contribution in [0.25, 0.3) is 78.3 Å². The first-order valence-corrected chi connectivity index (χ1v) is 23.2. The van der Waals surface area contributed by atoms with Crippen LogP contribution in [0.4, 0.5) is 14.5 Å². The van der Waals surface area contributed by atoms with E-state index >= 15 is 0 Å². The second-order valence-corrected chi connectivity index (χ2v) is 17.2. The lowest BCUT2D eigenvalue weighted by Crippen LogP contribution is -2.17. The van der Waals surface area contributed by atoms with Crippen molar-refractivity contribution in [2.75, 3.05) is 0 Å². The van der Waals surface area contributed by atoms with Crippen molar-refractivity contribution in [2.24, 2.45) is 5.11 Å². The first kappa shape index (κ1) is 35.3. The minimum atomic E-state index is -2.92. The van der Waals surface area contributed by atoms with Crippen LogP contribution in [0, 0.1) is 11.6 Å². The minimum absolute atomic E-state index is 0.119. The van der Waals surface area contributed by atoms with Gasteiger partial charge in [0, 0.05) is 63.4 Å². The van der Waals surface area contributed by atoms with Crippen molar-refractivity contribution in [2.45, 2.75) is 31.5 Å². The van der Waals surface area contributed by atoms with E-state index in [4.69, 9.17) is 10.1 Å². The molecule has 5 heterocycles. The molecule has 71 heavy (non-hydrogen) atoms. The van der Waals surface area contributed by atoms with Gasteiger partial charge in [-0.1, -0.05) is 138 Å². The van der Waals surface area contributed by atoms with Crippen molar-refractivity contribution >= 4 is 5.69 Å². The molecule has 0 radical (unpaired) electrons. The summed E-state index contributed by atoms with van der Waals surface area (Å²) in [4.78, 5) is 14.1. The van der Waals surface area contributed by atoms with Gasteiger partial charge in [-0.2, -0.15) is 0 Å². The van der Waals surface area contributed by atoms with Crippen molar-refractivity contribution in [3.05, 3.63) is 264 Å². The molecule has 0 saturated heterocycles. The molecular weight excluding hydrogens is 877 g/mol. The largest absolute Gasteiger partial charge is 0.267 e. The zero-order valence-corrected chi connectivity index (χ0v) is 37.9. The number of pyridine rings is 3. The highest BCUT2D eigenvalue weighted by Crippen LogP contribution is 2.53. The van der Waals surface area contributed by atoms with E-state index in [-0.39, 0.29) is 33.9 Å². The van der Waals surface area contributed by atoms with Gasteiger partial charge in [0.2, 0.25) is 6.04 Å². The highest BCUT2D eigenvalue weighted by molar-refractivity contribution is 5.99. The summed E-state index contributed by atoms with van der Waals surface area (Å²) in [5.74, 6) is -0.868. The SMILES string of the molecule is [2H]C([2H])(c1ccc(-c2ccc(F)cc2)nc1)C([2H])([2H])c1cc(-c2ccccc2-c2cnc3c(c2-c2ccc(-c4ccccc4)cc2)[N+]2=NC=CC2c2ccccc2-3)cc(C([2H])([2H])C([2H])([2H])c2ccc(-c3ccc(F)cc3)nc2)c1. The summed E-state index contributed by atoms with van der Waals surface area (Å²) >= 11 is 0. The molecule has 0 fully saturated rings. The maximum absolute atomic E-state index is 13.8. The predicted molar refractivity (Wildman–Crippen MR) is 280 cm³/mol. The van der Waals surface area contributed by atoms with Crippen molar-refractivity contribution in [1.29, 1.82) is 0 Å². The highest BCUT2D eigenvalue weighted by Gasteiger charge is 2.42. The van der Waals surface area contributed by atoms with Crippen LogP contribution in [0.3, 0.4) is 0 Å². The Morgan fingerprint density at radius 1 is 0.423 bits per heavy atom. The average Bonchev–Trinajstić information content (AvgIpc) is 4.12. The van der Waals surface area contributed by atoms with E-state index in [2.05, 4.69) is 58.5 Å². The van der Waals surface area contributed by atoms with Gasteiger partial charge < -0.3 is 0 Å². The molecule has 0 N–H and O–H groups in total. The second kappa shape index (κ2) is 18.9. The second-order valence-electron chi connectivity index (χ2n) is 17.2. The van der Waals surface area contributed by atoms with E-state index in [9.17, 15) is 19.7 Å².